The monoisotopic (exact) mass is 440 g/mol. The molecule has 9 heteroatoms. The number of rotatable bonds is 6. The molecule has 1 amide bonds. The zero-order valence-corrected chi connectivity index (χ0v) is 18.0. The van der Waals surface area contributed by atoms with E-state index in [0.29, 0.717) is 37.5 Å². The lowest BCUT2D eigenvalue weighted by Crippen LogP contribution is -2.49. The second-order valence-corrected chi connectivity index (χ2v) is 9.11. The highest BCUT2D eigenvalue weighted by Gasteiger charge is 2.25. The molecule has 162 valence electrons. The number of nitrogens with one attached hydrogen (secondary N) is 1. The Morgan fingerprint density at radius 1 is 1.10 bits per heavy atom. The minimum Gasteiger partial charge on any atom is -0.468 e. The zero-order chi connectivity index (χ0) is 21.8. The topological polar surface area (TPSA) is 95.7 Å². The van der Waals surface area contributed by atoms with Gasteiger partial charge in [-0.1, -0.05) is 12.1 Å². The molecule has 3 heterocycles. The molecule has 1 fully saturated rings. The average molecular weight is 441 g/mol. The summed E-state index contributed by atoms with van der Waals surface area (Å²) in [5.74, 6) is 1.24. The van der Waals surface area contributed by atoms with E-state index in [1.807, 2.05) is 25.1 Å². The van der Waals surface area contributed by atoms with Gasteiger partial charge in [-0.05, 0) is 48.9 Å². The van der Waals surface area contributed by atoms with Crippen LogP contribution in [-0.2, 0) is 16.6 Å². The van der Waals surface area contributed by atoms with Crippen LogP contribution in [-0.4, -0.2) is 50.4 Å². The van der Waals surface area contributed by atoms with E-state index >= 15 is 0 Å². The number of pyridine rings is 1. The molecule has 1 aromatic carbocycles. The van der Waals surface area contributed by atoms with Crippen LogP contribution in [0, 0.1) is 6.92 Å². The largest absolute Gasteiger partial charge is 0.468 e. The van der Waals surface area contributed by atoms with Crippen LogP contribution in [0.1, 0.15) is 21.7 Å². The Kier molecular flexibility index (Phi) is 6.06. The van der Waals surface area contributed by atoms with Crippen LogP contribution in [0.2, 0.25) is 0 Å². The van der Waals surface area contributed by atoms with Crippen molar-refractivity contribution in [1.29, 1.82) is 0 Å². The van der Waals surface area contributed by atoms with Gasteiger partial charge < -0.3 is 14.2 Å². The highest BCUT2D eigenvalue weighted by atomic mass is 32.2. The Bertz CT molecular complexity index is 1140. The summed E-state index contributed by atoms with van der Waals surface area (Å²) in [7, 11) is -3.78. The van der Waals surface area contributed by atoms with Crippen LogP contribution in [0.3, 0.4) is 0 Å². The summed E-state index contributed by atoms with van der Waals surface area (Å²) in [5.41, 5.74) is 1.13. The molecule has 1 aliphatic heterocycles. The van der Waals surface area contributed by atoms with Gasteiger partial charge in [0.1, 0.15) is 11.6 Å². The molecule has 31 heavy (non-hydrogen) atoms. The fourth-order valence-corrected chi connectivity index (χ4v) is 4.53. The molecule has 0 spiro atoms. The van der Waals surface area contributed by atoms with Gasteiger partial charge in [-0.25, -0.2) is 18.1 Å². The number of hydrogen-bond donors (Lipinski definition) is 1. The SMILES string of the molecule is Cc1ccc(S(=O)(=O)NCc2ccco2)cc1C(=O)N1CCN(c2ccccn2)CC1. The van der Waals surface area contributed by atoms with Crippen LogP contribution in [0.25, 0.3) is 0 Å². The molecule has 1 N–H and O–H groups in total. The number of carbonyl (C=O) groups excluding carboxylic acids is 1. The van der Waals surface area contributed by atoms with Gasteiger partial charge in [-0.15, -0.1) is 0 Å². The molecule has 0 aliphatic carbocycles. The number of aryl methyl sites for hydroxylation is 1. The second-order valence-electron chi connectivity index (χ2n) is 7.35. The first kappa shape index (κ1) is 21.1. The third-order valence-corrected chi connectivity index (χ3v) is 6.71. The number of anilines is 1. The number of nitrogens with zero attached hydrogens (tertiary/aromatic N) is 3. The predicted octanol–water partition coefficient (Wildman–Crippen LogP) is 2.42. The van der Waals surface area contributed by atoms with E-state index in [2.05, 4.69) is 14.6 Å². The third-order valence-electron chi connectivity index (χ3n) is 5.31. The van der Waals surface area contributed by atoms with Crippen LogP contribution in [0.15, 0.2) is 70.3 Å². The van der Waals surface area contributed by atoms with E-state index in [4.69, 9.17) is 4.42 Å². The number of hydrogen-bond acceptors (Lipinski definition) is 6. The minimum absolute atomic E-state index is 0.0436. The molecule has 1 saturated heterocycles. The van der Waals surface area contributed by atoms with Crippen molar-refractivity contribution < 1.29 is 17.6 Å². The van der Waals surface area contributed by atoms with Crippen LogP contribution < -0.4 is 9.62 Å². The fraction of sp³-hybridized carbons (Fsp3) is 0.273. The lowest BCUT2D eigenvalue weighted by atomic mass is 10.1. The molecule has 0 unspecified atom stereocenters. The van der Waals surface area contributed by atoms with E-state index in [9.17, 15) is 13.2 Å². The van der Waals surface area contributed by atoms with Gasteiger partial charge in [0, 0.05) is 37.9 Å². The molecule has 3 aromatic rings. The third kappa shape index (κ3) is 4.78. The molecule has 0 radical (unpaired) electrons. The Balaban J connectivity index is 1.46. The maximum atomic E-state index is 13.1. The normalized spacial score (nSPS) is 14.6. The van der Waals surface area contributed by atoms with Crippen LogP contribution in [0.5, 0.6) is 0 Å². The molecular weight excluding hydrogens is 416 g/mol. The Morgan fingerprint density at radius 2 is 1.90 bits per heavy atom. The van der Waals surface area contributed by atoms with Gasteiger partial charge in [0.25, 0.3) is 5.91 Å². The number of benzene rings is 1. The van der Waals surface area contributed by atoms with Gasteiger partial charge in [0.15, 0.2) is 0 Å². The van der Waals surface area contributed by atoms with Crippen molar-refractivity contribution in [3.05, 3.63) is 77.9 Å². The summed E-state index contributed by atoms with van der Waals surface area (Å²) >= 11 is 0. The van der Waals surface area contributed by atoms with E-state index in [-0.39, 0.29) is 17.3 Å². The average Bonchev–Trinajstić information content (AvgIpc) is 3.32. The van der Waals surface area contributed by atoms with Crippen molar-refractivity contribution in [3.8, 4) is 0 Å². The number of furan rings is 1. The quantitative estimate of drug-likeness (QED) is 0.633. The Labute approximate surface area is 181 Å². The molecule has 0 atom stereocenters. The van der Waals surface area contributed by atoms with Gasteiger partial charge in [0.2, 0.25) is 10.0 Å². The zero-order valence-electron chi connectivity index (χ0n) is 17.2. The van der Waals surface area contributed by atoms with Crippen molar-refractivity contribution >= 4 is 21.7 Å². The Hall–Kier alpha value is -3.17. The second kappa shape index (κ2) is 8.91. The fourth-order valence-electron chi connectivity index (χ4n) is 3.51. The summed E-state index contributed by atoms with van der Waals surface area (Å²) in [6, 6.07) is 13.8. The maximum Gasteiger partial charge on any atom is 0.254 e. The Morgan fingerprint density at radius 3 is 2.58 bits per heavy atom. The molecule has 2 aromatic heterocycles. The molecule has 0 saturated carbocycles. The number of amides is 1. The van der Waals surface area contributed by atoms with Gasteiger partial charge in [0.05, 0.1) is 17.7 Å². The number of carbonyl (C=O) groups is 1. The molecule has 8 nitrogen and oxygen atoms in total. The van der Waals surface area contributed by atoms with E-state index in [1.54, 1.807) is 29.3 Å². The van der Waals surface area contributed by atoms with E-state index in [1.165, 1.54) is 18.4 Å². The van der Waals surface area contributed by atoms with Crippen LogP contribution in [0.4, 0.5) is 5.82 Å². The molecular formula is C22H24N4O4S. The van der Waals surface area contributed by atoms with Crippen molar-refractivity contribution in [3.63, 3.8) is 0 Å². The van der Waals surface area contributed by atoms with Crippen molar-refractivity contribution in [2.24, 2.45) is 0 Å². The summed E-state index contributed by atoms with van der Waals surface area (Å²) in [6.45, 7) is 4.28. The summed E-state index contributed by atoms with van der Waals surface area (Å²) in [4.78, 5) is 21.5. The minimum atomic E-state index is -3.78. The summed E-state index contributed by atoms with van der Waals surface area (Å²) in [5, 5.41) is 0. The lowest BCUT2D eigenvalue weighted by molar-refractivity contribution is 0.0745. The number of aromatic nitrogens is 1. The van der Waals surface area contributed by atoms with Crippen molar-refractivity contribution in [2.45, 2.75) is 18.4 Å². The first-order valence-electron chi connectivity index (χ1n) is 10.0. The number of sulfonamides is 1. The standard InChI is InChI=1S/C22H24N4O4S/c1-17-7-8-19(31(28,29)24-16-18-5-4-14-30-18)15-20(17)22(27)26-12-10-25(11-13-26)21-6-2-3-9-23-21/h2-9,14-15,24H,10-13,16H2,1H3. The van der Waals surface area contributed by atoms with E-state index < -0.39 is 10.0 Å². The summed E-state index contributed by atoms with van der Waals surface area (Å²) in [6.07, 6.45) is 3.24. The van der Waals surface area contributed by atoms with Gasteiger partial charge >= 0.3 is 0 Å². The molecule has 0 bridgehead atoms. The highest BCUT2D eigenvalue weighted by Crippen LogP contribution is 2.20. The lowest BCUT2D eigenvalue weighted by Gasteiger charge is -2.35. The van der Waals surface area contributed by atoms with Crippen molar-refractivity contribution in [2.75, 3.05) is 31.1 Å². The van der Waals surface area contributed by atoms with Crippen LogP contribution >= 0.6 is 0 Å². The predicted molar refractivity (Wildman–Crippen MR) is 116 cm³/mol. The maximum absolute atomic E-state index is 13.1. The molecule has 4 rings (SSSR count). The first-order chi connectivity index (χ1) is 14.9. The number of piperazine rings is 1. The van der Waals surface area contributed by atoms with Crippen molar-refractivity contribution in [1.82, 2.24) is 14.6 Å². The van der Waals surface area contributed by atoms with E-state index in [0.717, 1.165) is 11.4 Å². The smallest absolute Gasteiger partial charge is 0.254 e. The van der Waals surface area contributed by atoms with Gasteiger partial charge in [-0.3, -0.25) is 4.79 Å². The highest BCUT2D eigenvalue weighted by molar-refractivity contribution is 7.89. The molecule has 1 aliphatic rings. The summed E-state index contributed by atoms with van der Waals surface area (Å²) < 4.78 is 33.1. The van der Waals surface area contributed by atoms with Gasteiger partial charge in [-0.2, -0.15) is 0 Å². The first-order valence-corrected chi connectivity index (χ1v) is 11.5.